The molecule has 1 aliphatic heterocycles. The van der Waals surface area contributed by atoms with Crippen LogP contribution < -0.4 is 0 Å². The molecule has 1 aromatic carbocycles. The largest absolute Gasteiger partial charge is 0.381 e. The summed E-state index contributed by atoms with van der Waals surface area (Å²) in [4.78, 5) is 0. The van der Waals surface area contributed by atoms with Gasteiger partial charge in [0.25, 0.3) is 0 Å². The predicted molar refractivity (Wildman–Crippen MR) is 61.0 cm³/mol. The third kappa shape index (κ3) is 1.33. The first-order chi connectivity index (χ1) is 7.32. The van der Waals surface area contributed by atoms with E-state index < -0.39 is 0 Å². The number of hydrogen-bond donors (Lipinski definition) is 0. The second-order valence-electron chi connectivity index (χ2n) is 5.07. The minimum atomic E-state index is 0.516. The minimum absolute atomic E-state index is 0.516. The first-order valence-corrected chi connectivity index (χ1v) is 5.97. The number of fused-ring (bicyclic) bond motifs is 1. The Kier molecular flexibility index (Phi) is 2.10. The van der Waals surface area contributed by atoms with Gasteiger partial charge in [0.2, 0.25) is 0 Å². The maximum Gasteiger partial charge on any atom is 0.0471 e. The summed E-state index contributed by atoms with van der Waals surface area (Å²) in [6.45, 7) is 4.31. The number of hydrogen-bond acceptors (Lipinski definition) is 1. The van der Waals surface area contributed by atoms with Crippen molar-refractivity contribution in [1.29, 1.82) is 0 Å². The molecule has 2 aliphatic rings. The van der Waals surface area contributed by atoms with Gasteiger partial charge in [-0.05, 0) is 41.7 Å². The quantitative estimate of drug-likeness (QED) is 0.628. The Balaban J connectivity index is 1.98. The molecular weight excluding hydrogens is 184 g/mol. The van der Waals surface area contributed by atoms with Crippen molar-refractivity contribution in [3.63, 3.8) is 0 Å². The van der Waals surface area contributed by atoms with Crippen molar-refractivity contribution in [2.24, 2.45) is 5.41 Å². The molecule has 1 heteroatoms. The highest BCUT2D eigenvalue weighted by Crippen LogP contribution is 2.52. The van der Waals surface area contributed by atoms with Crippen LogP contribution in [0, 0.1) is 5.41 Å². The van der Waals surface area contributed by atoms with E-state index in [-0.39, 0.29) is 0 Å². The fraction of sp³-hybridized carbons (Fsp3) is 0.571. The van der Waals surface area contributed by atoms with Crippen molar-refractivity contribution >= 4 is 0 Å². The molecule has 80 valence electrons. The van der Waals surface area contributed by atoms with Crippen LogP contribution in [0.2, 0.25) is 0 Å². The molecule has 1 heterocycles. The molecule has 0 bridgehead atoms. The van der Waals surface area contributed by atoms with Gasteiger partial charge >= 0.3 is 0 Å². The van der Waals surface area contributed by atoms with E-state index >= 15 is 0 Å². The number of ether oxygens (including phenoxy) is 1. The van der Waals surface area contributed by atoms with E-state index in [1.54, 1.807) is 11.1 Å². The maximum atomic E-state index is 5.50. The van der Waals surface area contributed by atoms with Gasteiger partial charge in [0.05, 0.1) is 0 Å². The van der Waals surface area contributed by atoms with Crippen molar-refractivity contribution in [3.05, 3.63) is 35.4 Å². The summed E-state index contributed by atoms with van der Waals surface area (Å²) in [7, 11) is 0. The Morgan fingerprint density at radius 2 is 1.93 bits per heavy atom. The normalized spacial score (nSPS) is 27.9. The van der Waals surface area contributed by atoms with Crippen LogP contribution in [0.3, 0.4) is 0 Å². The molecule has 1 atom stereocenters. The Labute approximate surface area is 91.5 Å². The molecule has 1 spiro atoms. The van der Waals surface area contributed by atoms with Crippen LogP contribution in [-0.4, -0.2) is 13.2 Å². The van der Waals surface area contributed by atoms with E-state index in [4.69, 9.17) is 4.74 Å². The molecule has 1 aliphatic carbocycles. The molecule has 0 amide bonds. The molecule has 1 saturated heterocycles. The van der Waals surface area contributed by atoms with Crippen molar-refractivity contribution < 1.29 is 4.74 Å². The van der Waals surface area contributed by atoms with Crippen LogP contribution in [0.1, 0.15) is 36.8 Å². The van der Waals surface area contributed by atoms with E-state index in [1.807, 2.05) is 0 Å². The van der Waals surface area contributed by atoms with Gasteiger partial charge in [0.1, 0.15) is 0 Å². The van der Waals surface area contributed by atoms with E-state index in [9.17, 15) is 0 Å². The lowest BCUT2D eigenvalue weighted by Crippen LogP contribution is -2.32. The average Bonchev–Trinajstić information content (AvgIpc) is 2.54. The smallest absolute Gasteiger partial charge is 0.0471 e. The lowest BCUT2D eigenvalue weighted by atomic mass is 9.71. The highest BCUT2D eigenvalue weighted by atomic mass is 16.5. The molecule has 0 saturated carbocycles. The van der Waals surface area contributed by atoms with Crippen molar-refractivity contribution in [2.45, 2.75) is 32.1 Å². The van der Waals surface area contributed by atoms with Crippen LogP contribution in [0.4, 0.5) is 0 Å². The van der Waals surface area contributed by atoms with Crippen LogP contribution in [0.5, 0.6) is 0 Å². The topological polar surface area (TPSA) is 9.23 Å². The minimum Gasteiger partial charge on any atom is -0.381 e. The SMILES string of the molecule is CC1c2ccccc2CC12CCOCC2. The average molecular weight is 202 g/mol. The van der Waals surface area contributed by atoms with E-state index in [1.165, 1.54) is 19.3 Å². The van der Waals surface area contributed by atoms with Gasteiger partial charge in [-0.25, -0.2) is 0 Å². The first kappa shape index (κ1) is 9.41. The Morgan fingerprint density at radius 3 is 2.67 bits per heavy atom. The highest BCUT2D eigenvalue weighted by Gasteiger charge is 2.43. The summed E-state index contributed by atoms with van der Waals surface area (Å²) < 4.78 is 5.50. The molecule has 0 radical (unpaired) electrons. The lowest BCUT2D eigenvalue weighted by molar-refractivity contribution is 0.00886. The third-order valence-corrected chi connectivity index (χ3v) is 4.47. The summed E-state index contributed by atoms with van der Waals surface area (Å²) in [5.74, 6) is 0.720. The summed E-state index contributed by atoms with van der Waals surface area (Å²) >= 11 is 0. The highest BCUT2D eigenvalue weighted by molar-refractivity contribution is 5.38. The van der Waals surface area contributed by atoms with Gasteiger partial charge in [0, 0.05) is 13.2 Å². The van der Waals surface area contributed by atoms with Gasteiger partial charge in [-0.15, -0.1) is 0 Å². The molecule has 15 heavy (non-hydrogen) atoms. The molecule has 1 fully saturated rings. The van der Waals surface area contributed by atoms with Crippen LogP contribution in [-0.2, 0) is 11.2 Å². The predicted octanol–water partition coefficient (Wildman–Crippen LogP) is 3.14. The molecule has 1 unspecified atom stereocenters. The molecule has 3 rings (SSSR count). The van der Waals surface area contributed by atoms with Gasteiger partial charge in [-0.1, -0.05) is 31.2 Å². The lowest BCUT2D eigenvalue weighted by Gasteiger charge is -2.37. The molecular formula is C14H18O. The van der Waals surface area contributed by atoms with Crippen LogP contribution >= 0.6 is 0 Å². The van der Waals surface area contributed by atoms with Gasteiger partial charge in [-0.3, -0.25) is 0 Å². The van der Waals surface area contributed by atoms with Gasteiger partial charge in [-0.2, -0.15) is 0 Å². The van der Waals surface area contributed by atoms with Crippen molar-refractivity contribution in [3.8, 4) is 0 Å². The monoisotopic (exact) mass is 202 g/mol. The van der Waals surface area contributed by atoms with Crippen molar-refractivity contribution in [2.75, 3.05) is 13.2 Å². The Bertz CT molecular complexity index is 363. The second-order valence-corrected chi connectivity index (χ2v) is 5.07. The standard InChI is InChI=1S/C14H18O/c1-11-13-5-3-2-4-12(13)10-14(11)6-8-15-9-7-14/h2-5,11H,6-10H2,1H3. The molecule has 1 aromatic rings. The second kappa shape index (κ2) is 3.34. The Hall–Kier alpha value is -0.820. The van der Waals surface area contributed by atoms with Gasteiger partial charge in [0.15, 0.2) is 0 Å². The van der Waals surface area contributed by atoms with E-state index in [2.05, 4.69) is 31.2 Å². The zero-order valence-electron chi connectivity index (χ0n) is 9.33. The first-order valence-electron chi connectivity index (χ1n) is 5.97. The Morgan fingerprint density at radius 1 is 1.20 bits per heavy atom. The fourth-order valence-electron chi connectivity index (χ4n) is 3.37. The third-order valence-electron chi connectivity index (χ3n) is 4.47. The zero-order chi connectivity index (χ0) is 10.3. The summed E-state index contributed by atoms with van der Waals surface area (Å²) in [6.07, 6.45) is 3.75. The van der Waals surface area contributed by atoms with E-state index in [0.717, 1.165) is 19.1 Å². The fourth-order valence-corrected chi connectivity index (χ4v) is 3.37. The molecule has 0 N–H and O–H groups in total. The molecule has 0 aromatic heterocycles. The summed E-state index contributed by atoms with van der Waals surface area (Å²) in [5.41, 5.74) is 3.67. The van der Waals surface area contributed by atoms with Crippen LogP contribution in [0.25, 0.3) is 0 Å². The van der Waals surface area contributed by atoms with Crippen molar-refractivity contribution in [1.82, 2.24) is 0 Å². The number of benzene rings is 1. The van der Waals surface area contributed by atoms with E-state index in [0.29, 0.717) is 5.41 Å². The number of rotatable bonds is 0. The summed E-state index contributed by atoms with van der Waals surface area (Å²) in [5, 5.41) is 0. The van der Waals surface area contributed by atoms with Gasteiger partial charge < -0.3 is 4.74 Å². The van der Waals surface area contributed by atoms with Crippen LogP contribution in [0.15, 0.2) is 24.3 Å². The summed E-state index contributed by atoms with van der Waals surface area (Å²) in [6, 6.07) is 8.96. The molecule has 1 nitrogen and oxygen atoms in total. The maximum absolute atomic E-state index is 5.50. The zero-order valence-corrected chi connectivity index (χ0v) is 9.33.